The van der Waals surface area contributed by atoms with Gasteiger partial charge in [-0.15, -0.1) is 11.3 Å². The summed E-state index contributed by atoms with van der Waals surface area (Å²) in [4.78, 5) is 1.84. The third kappa shape index (κ3) is 2.30. The number of thiophene rings is 1. The van der Waals surface area contributed by atoms with Gasteiger partial charge < -0.3 is 5.11 Å². The van der Waals surface area contributed by atoms with Crippen LogP contribution in [0.2, 0.25) is 0 Å². The second-order valence-corrected chi connectivity index (χ2v) is 6.23. The fourth-order valence-electron chi connectivity index (χ4n) is 1.71. The van der Waals surface area contributed by atoms with Crippen molar-refractivity contribution in [1.29, 1.82) is 0 Å². The summed E-state index contributed by atoms with van der Waals surface area (Å²) in [7, 11) is 0. The number of benzene rings is 1. The summed E-state index contributed by atoms with van der Waals surface area (Å²) >= 11 is 4.61. The Kier molecular flexibility index (Phi) is 3.39. The minimum absolute atomic E-state index is 0.286. The molecule has 0 saturated heterocycles. The molecule has 17 heavy (non-hydrogen) atoms. The van der Waals surface area contributed by atoms with Crippen molar-refractivity contribution in [2.75, 3.05) is 0 Å². The van der Waals surface area contributed by atoms with Gasteiger partial charge in [0.1, 0.15) is 11.4 Å². The summed E-state index contributed by atoms with van der Waals surface area (Å²) in [6.07, 6.45) is 0. The predicted octanol–water partition coefficient (Wildman–Crippen LogP) is 4.21. The van der Waals surface area contributed by atoms with E-state index >= 15 is 0 Å². The molecule has 0 spiro atoms. The molecule has 1 heterocycles. The van der Waals surface area contributed by atoms with E-state index in [2.05, 4.69) is 15.9 Å². The highest BCUT2D eigenvalue weighted by molar-refractivity contribution is 9.10. The van der Waals surface area contributed by atoms with Gasteiger partial charge in [0.2, 0.25) is 0 Å². The molecule has 1 N–H and O–H groups in total. The zero-order valence-electron chi connectivity index (χ0n) is 9.50. The van der Waals surface area contributed by atoms with Crippen LogP contribution in [-0.2, 0) is 5.60 Å². The molecule has 1 atom stereocenters. The Labute approximate surface area is 112 Å². The molecule has 0 radical (unpaired) electrons. The SMILES string of the molecule is Cc1ccc(C(C)(O)c2cccc(Br)c2F)s1. The van der Waals surface area contributed by atoms with Crippen molar-refractivity contribution in [1.82, 2.24) is 0 Å². The number of aliphatic hydroxyl groups is 1. The van der Waals surface area contributed by atoms with Crippen LogP contribution in [0.3, 0.4) is 0 Å². The number of rotatable bonds is 2. The largest absolute Gasteiger partial charge is 0.380 e. The topological polar surface area (TPSA) is 20.2 Å². The van der Waals surface area contributed by atoms with Crippen LogP contribution in [0.5, 0.6) is 0 Å². The van der Waals surface area contributed by atoms with E-state index < -0.39 is 11.4 Å². The fourth-order valence-corrected chi connectivity index (χ4v) is 3.00. The summed E-state index contributed by atoms with van der Waals surface area (Å²) in [6, 6.07) is 8.70. The molecule has 1 aromatic carbocycles. The summed E-state index contributed by atoms with van der Waals surface area (Å²) in [6.45, 7) is 3.57. The molecule has 0 aliphatic heterocycles. The van der Waals surface area contributed by atoms with Gasteiger partial charge in [-0.2, -0.15) is 0 Å². The van der Waals surface area contributed by atoms with Gasteiger partial charge in [0.05, 0.1) is 4.47 Å². The van der Waals surface area contributed by atoms with Crippen molar-refractivity contribution in [3.8, 4) is 0 Å². The third-order valence-corrected chi connectivity index (χ3v) is 4.52. The van der Waals surface area contributed by atoms with Gasteiger partial charge >= 0.3 is 0 Å². The minimum Gasteiger partial charge on any atom is -0.380 e. The first-order valence-corrected chi connectivity index (χ1v) is 6.77. The molecule has 0 amide bonds. The maximum absolute atomic E-state index is 14.0. The summed E-state index contributed by atoms with van der Waals surface area (Å²) in [5, 5.41) is 10.5. The Bertz CT molecular complexity index is 548. The standard InChI is InChI=1S/C13H12BrFOS/c1-8-6-7-11(17-8)13(2,16)9-4-3-5-10(14)12(9)15/h3-7,16H,1-2H3. The van der Waals surface area contributed by atoms with E-state index in [0.29, 0.717) is 4.47 Å². The second kappa shape index (κ2) is 4.52. The van der Waals surface area contributed by atoms with Crippen molar-refractivity contribution < 1.29 is 9.50 Å². The molecule has 0 bridgehead atoms. The number of hydrogen-bond acceptors (Lipinski definition) is 2. The Morgan fingerprint density at radius 2 is 2.00 bits per heavy atom. The molecule has 0 fully saturated rings. The van der Waals surface area contributed by atoms with E-state index in [0.717, 1.165) is 9.75 Å². The molecule has 90 valence electrons. The first kappa shape index (κ1) is 12.7. The third-order valence-electron chi connectivity index (χ3n) is 2.70. The lowest BCUT2D eigenvalue weighted by Gasteiger charge is -2.23. The van der Waals surface area contributed by atoms with Gasteiger partial charge in [-0.3, -0.25) is 0 Å². The lowest BCUT2D eigenvalue weighted by Crippen LogP contribution is -2.23. The molecule has 2 aromatic rings. The van der Waals surface area contributed by atoms with Gasteiger partial charge in [-0.25, -0.2) is 4.39 Å². The smallest absolute Gasteiger partial charge is 0.143 e. The zero-order chi connectivity index (χ0) is 12.6. The highest BCUT2D eigenvalue weighted by Gasteiger charge is 2.30. The van der Waals surface area contributed by atoms with E-state index in [1.807, 2.05) is 19.1 Å². The van der Waals surface area contributed by atoms with E-state index in [1.54, 1.807) is 25.1 Å². The minimum atomic E-state index is -1.30. The molecular weight excluding hydrogens is 303 g/mol. The number of hydrogen-bond donors (Lipinski definition) is 1. The molecule has 1 nitrogen and oxygen atoms in total. The lowest BCUT2D eigenvalue weighted by molar-refractivity contribution is 0.102. The monoisotopic (exact) mass is 314 g/mol. The van der Waals surface area contributed by atoms with Gasteiger partial charge in [-0.05, 0) is 48.0 Å². The van der Waals surface area contributed by atoms with Crippen LogP contribution in [0, 0.1) is 12.7 Å². The van der Waals surface area contributed by atoms with Crippen LogP contribution in [0.25, 0.3) is 0 Å². The highest BCUT2D eigenvalue weighted by atomic mass is 79.9. The van der Waals surface area contributed by atoms with Crippen molar-refractivity contribution in [2.24, 2.45) is 0 Å². The van der Waals surface area contributed by atoms with Crippen LogP contribution in [-0.4, -0.2) is 5.11 Å². The average molecular weight is 315 g/mol. The van der Waals surface area contributed by atoms with Crippen molar-refractivity contribution >= 4 is 27.3 Å². The molecule has 4 heteroatoms. The van der Waals surface area contributed by atoms with Gasteiger partial charge in [0, 0.05) is 15.3 Å². The van der Waals surface area contributed by atoms with Crippen molar-refractivity contribution in [3.05, 3.63) is 55.9 Å². The van der Waals surface area contributed by atoms with Gasteiger partial charge in [-0.1, -0.05) is 12.1 Å². The fraction of sp³-hybridized carbons (Fsp3) is 0.231. The first-order chi connectivity index (χ1) is 7.93. The Balaban J connectivity index is 2.55. The predicted molar refractivity (Wildman–Crippen MR) is 71.8 cm³/mol. The summed E-state index contributed by atoms with van der Waals surface area (Å²) in [5.74, 6) is -0.413. The number of aryl methyl sites for hydroxylation is 1. The lowest BCUT2D eigenvalue weighted by atomic mass is 9.94. The molecule has 0 aliphatic carbocycles. The molecule has 1 unspecified atom stereocenters. The van der Waals surface area contributed by atoms with Crippen LogP contribution in [0.15, 0.2) is 34.8 Å². The van der Waals surface area contributed by atoms with Crippen LogP contribution >= 0.6 is 27.3 Å². The van der Waals surface area contributed by atoms with E-state index in [4.69, 9.17) is 0 Å². The molecular formula is C13H12BrFOS. The van der Waals surface area contributed by atoms with Crippen molar-refractivity contribution in [3.63, 3.8) is 0 Å². The Morgan fingerprint density at radius 3 is 2.59 bits per heavy atom. The highest BCUT2D eigenvalue weighted by Crippen LogP contribution is 2.36. The first-order valence-electron chi connectivity index (χ1n) is 5.16. The van der Waals surface area contributed by atoms with Crippen LogP contribution < -0.4 is 0 Å². The second-order valence-electron chi connectivity index (χ2n) is 4.08. The quantitative estimate of drug-likeness (QED) is 0.880. The number of halogens is 2. The molecule has 0 aliphatic rings. The van der Waals surface area contributed by atoms with Crippen molar-refractivity contribution in [2.45, 2.75) is 19.4 Å². The van der Waals surface area contributed by atoms with Gasteiger partial charge in [0.15, 0.2) is 0 Å². The van der Waals surface area contributed by atoms with E-state index in [1.165, 1.54) is 11.3 Å². The zero-order valence-corrected chi connectivity index (χ0v) is 11.9. The average Bonchev–Trinajstić information content (AvgIpc) is 2.69. The summed E-state index contributed by atoms with van der Waals surface area (Å²) in [5.41, 5.74) is -1.01. The molecule has 1 aromatic heterocycles. The maximum Gasteiger partial charge on any atom is 0.143 e. The summed E-state index contributed by atoms with van der Waals surface area (Å²) < 4.78 is 14.4. The van der Waals surface area contributed by atoms with E-state index in [-0.39, 0.29) is 5.56 Å². The van der Waals surface area contributed by atoms with E-state index in [9.17, 15) is 9.50 Å². The molecule has 0 saturated carbocycles. The maximum atomic E-state index is 14.0. The Hall–Kier alpha value is -0.710. The molecule has 2 rings (SSSR count). The Morgan fingerprint density at radius 1 is 1.29 bits per heavy atom. The van der Waals surface area contributed by atoms with Gasteiger partial charge in [0.25, 0.3) is 0 Å². The van der Waals surface area contributed by atoms with Crippen LogP contribution in [0.1, 0.15) is 22.2 Å². The normalized spacial score (nSPS) is 14.6. The van der Waals surface area contributed by atoms with Crippen LogP contribution in [0.4, 0.5) is 4.39 Å².